The highest BCUT2D eigenvalue weighted by molar-refractivity contribution is 7.91. The molecule has 0 spiro atoms. The number of benzene rings is 1. The van der Waals surface area contributed by atoms with Gasteiger partial charge in [0.15, 0.2) is 0 Å². The first-order valence-corrected chi connectivity index (χ1v) is 9.07. The van der Waals surface area contributed by atoms with Gasteiger partial charge in [0, 0.05) is 12.5 Å². The Morgan fingerprint density at radius 1 is 1.18 bits per heavy atom. The van der Waals surface area contributed by atoms with Gasteiger partial charge in [0.1, 0.15) is 5.82 Å². The van der Waals surface area contributed by atoms with Crippen molar-refractivity contribution in [3.63, 3.8) is 0 Å². The third-order valence-electron chi connectivity index (χ3n) is 3.72. The maximum atomic E-state index is 12.4. The third-order valence-corrected chi connectivity index (χ3v) is 5.41. The molecule has 0 radical (unpaired) electrons. The first-order valence-electron chi connectivity index (χ1n) is 7.42. The van der Waals surface area contributed by atoms with Crippen LogP contribution in [0.3, 0.4) is 0 Å². The van der Waals surface area contributed by atoms with Crippen molar-refractivity contribution in [2.24, 2.45) is 0 Å². The fourth-order valence-electron chi connectivity index (χ4n) is 2.43. The van der Waals surface area contributed by atoms with E-state index in [1.807, 2.05) is 30.3 Å². The third kappa shape index (κ3) is 3.20. The minimum atomic E-state index is -3.53. The van der Waals surface area contributed by atoms with Crippen molar-refractivity contribution in [3.05, 3.63) is 41.7 Å². The number of rotatable bonds is 7. The summed E-state index contributed by atoms with van der Waals surface area (Å²) in [5.41, 5.74) is 1.02. The highest BCUT2D eigenvalue weighted by Gasteiger charge is 2.33. The Hall–Kier alpha value is -1.73. The molecule has 1 saturated carbocycles. The number of aromatic nitrogens is 3. The molecule has 1 aliphatic carbocycles. The van der Waals surface area contributed by atoms with Gasteiger partial charge >= 0.3 is 0 Å². The van der Waals surface area contributed by atoms with Gasteiger partial charge in [-0.2, -0.15) is 0 Å². The molecule has 0 bridgehead atoms. The van der Waals surface area contributed by atoms with E-state index in [-0.39, 0.29) is 23.9 Å². The van der Waals surface area contributed by atoms with E-state index >= 15 is 0 Å². The highest BCUT2D eigenvalue weighted by atomic mass is 32.2. The van der Waals surface area contributed by atoms with Crippen molar-refractivity contribution < 1.29 is 13.5 Å². The monoisotopic (exact) mass is 321 g/mol. The van der Waals surface area contributed by atoms with E-state index in [0.717, 1.165) is 24.2 Å². The summed E-state index contributed by atoms with van der Waals surface area (Å²) in [6.07, 6.45) is 2.27. The van der Waals surface area contributed by atoms with Gasteiger partial charge in [0.2, 0.25) is 15.0 Å². The van der Waals surface area contributed by atoms with E-state index in [0.29, 0.717) is 12.5 Å². The average molecular weight is 321 g/mol. The van der Waals surface area contributed by atoms with Crippen LogP contribution in [0.15, 0.2) is 35.5 Å². The lowest BCUT2D eigenvalue weighted by molar-refractivity contribution is 0.295. The quantitative estimate of drug-likeness (QED) is 0.832. The first-order chi connectivity index (χ1) is 10.6. The van der Waals surface area contributed by atoms with Crippen LogP contribution in [-0.2, 0) is 16.4 Å². The van der Waals surface area contributed by atoms with Gasteiger partial charge < -0.3 is 5.11 Å². The van der Waals surface area contributed by atoms with Crippen LogP contribution < -0.4 is 0 Å². The molecule has 0 amide bonds. The smallest absolute Gasteiger partial charge is 0.250 e. The van der Waals surface area contributed by atoms with Gasteiger partial charge in [-0.15, -0.1) is 10.2 Å². The maximum absolute atomic E-state index is 12.4. The summed E-state index contributed by atoms with van der Waals surface area (Å²) in [4.78, 5) is 0. The SMILES string of the molecule is O=S(=O)(CCCO)c1nnc(C2CC2)n1Cc1ccccc1. The second-order valence-corrected chi connectivity index (χ2v) is 7.59. The summed E-state index contributed by atoms with van der Waals surface area (Å²) in [5, 5.41) is 17.0. The summed E-state index contributed by atoms with van der Waals surface area (Å²) >= 11 is 0. The Balaban J connectivity index is 1.97. The lowest BCUT2D eigenvalue weighted by Gasteiger charge is -2.10. The molecule has 22 heavy (non-hydrogen) atoms. The summed E-state index contributed by atoms with van der Waals surface area (Å²) in [6.45, 7) is 0.300. The first kappa shape index (κ1) is 15.2. The molecule has 3 rings (SSSR count). The molecular formula is C15H19N3O3S. The molecule has 1 aromatic heterocycles. The predicted octanol–water partition coefficient (Wildman–Crippen LogP) is 1.36. The van der Waals surface area contributed by atoms with Crippen molar-refractivity contribution in [2.45, 2.75) is 36.9 Å². The number of aliphatic hydroxyl groups is 1. The normalized spacial score (nSPS) is 15.1. The second-order valence-electron chi connectivity index (χ2n) is 5.58. The molecule has 1 N–H and O–H groups in total. The van der Waals surface area contributed by atoms with Gasteiger partial charge in [-0.25, -0.2) is 8.42 Å². The molecule has 1 heterocycles. The number of nitrogens with zero attached hydrogens (tertiary/aromatic N) is 3. The molecule has 6 nitrogen and oxygen atoms in total. The molecule has 2 aromatic rings. The van der Waals surface area contributed by atoms with E-state index in [1.54, 1.807) is 4.57 Å². The van der Waals surface area contributed by atoms with Gasteiger partial charge in [-0.3, -0.25) is 4.57 Å². The maximum Gasteiger partial charge on any atom is 0.250 e. The zero-order chi connectivity index (χ0) is 15.6. The topological polar surface area (TPSA) is 85.1 Å². The van der Waals surface area contributed by atoms with E-state index < -0.39 is 9.84 Å². The summed E-state index contributed by atoms with van der Waals surface area (Å²) in [6, 6.07) is 9.70. The molecule has 0 unspecified atom stereocenters. The van der Waals surface area contributed by atoms with Gasteiger partial charge in [0.05, 0.1) is 12.3 Å². The number of aliphatic hydroxyl groups excluding tert-OH is 1. The fraction of sp³-hybridized carbons (Fsp3) is 0.467. The Morgan fingerprint density at radius 3 is 2.55 bits per heavy atom. The molecular weight excluding hydrogens is 302 g/mol. The van der Waals surface area contributed by atoms with Crippen LogP contribution in [-0.4, -0.2) is 40.6 Å². The summed E-state index contributed by atoms with van der Waals surface area (Å²) < 4.78 is 26.6. The van der Waals surface area contributed by atoms with Crippen molar-refractivity contribution in [1.29, 1.82) is 0 Å². The summed E-state index contributed by atoms with van der Waals surface area (Å²) in [5.74, 6) is 0.964. The standard InChI is InChI=1S/C15H19N3O3S/c19-9-4-10-22(20,21)15-17-16-14(13-7-8-13)18(15)11-12-5-2-1-3-6-12/h1-3,5-6,13,19H,4,7-11H2. The van der Waals surface area contributed by atoms with Gasteiger partial charge in [-0.1, -0.05) is 30.3 Å². The zero-order valence-corrected chi connectivity index (χ0v) is 13.0. The van der Waals surface area contributed by atoms with Gasteiger partial charge in [-0.05, 0) is 24.8 Å². The van der Waals surface area contributed by atoms with Crippen LogP contribution in [0.2, 0.25) is 0 Å². The molecule has 1 fully saturated rings. The van der Waals surface area contributed by atoms with Crippen LogP contribution in [0.5, 0.6) is 0 Å². The van der Waals surface area contributed by atoms with Crippen LogP contribution in [0, 0.1) is 0 Å². The van der Waals surface area contributed by atoms with E-state index in [9.17, 15) is 8.42 Å². The van der Waals surface area contributed by atoms with Crippen LogP contribution in [0.1, 0.15) is 36.6 Å². The molecule has 0 saturated heterocycles. The molecule has 0 atom stereocenters. The molecule has 1 aliphatic rings. The molecule has 0 aliphatic heterocycles. The van der Waals surface area contributed by atoms with Crippen molar-refractivity contribution in [2.75, 3.05) is 12.4 Å². The minimum Gasteiger partial charge on any atom is -0.396 e. The van der Waals surface area contributed by atoms with E-state index in [4.69, 9.17) is 5.11 Å². The Labute approximate surface area is 129 Å². The number of hydrogen-bond acceptors (Lipinski definition) is 5. The predicted molar refractivity (Wildman–Crippen MR) is 81.3 cm³/mol. The molecule has 1 aromatic carbocycles. The van der Waals surface area contributed by atoms with Crippen molar-refractivity contribution >= 4 is 9.84 Å². The zero-order valence-electron chi connectivity index (χ0n) is 12.2. The Morgan fingerprint density at radius 2 is 1.91 bits per heavy atom. The van der Waals surface area contributed by atoms with Crippen molar-refractivity contribution in [3.8, 4) is 0 Å². The Bertz CT molecular complexity index is 737. The van der Waals surface area contributed by atoms with Crippen LogP contribution >= 0.6 is 0 Å². The number of sulfone groups is 1. The lowest BCUT2D eigenvalue weighted by atomic mass is 10.2. The highest BCUT2D eigenvalue weighted by Crippen LogP contribution is 2.39. The second kappa shape index (κ2) is 6.18. The lowest BCUT2D eigenvalue weighted by Crippen LogP contribution is -2.17. The summed E-state index contributed by atoms with van der Waals surface area (Å²) in [7, 11) is -3.53. The number of hydrogen-bond donors (Lipinski definition) is 1. The fourth-order valence-corrected chi connectivity index (χ4v) is 3.78. The van der Waals surface area contributed by atoms with Crippen LogP contribution in [0.25, 0.3) is 0 Å². The van der Waals surface area contributed by atoms with E-state index in [2.05, 4.69) is 10.2 Å². The molecule has 7 heteroatoms. The van der Waals surface area contributed by atoms with Crippen molar-refractivity contribution in [1.82, 2.24) is 14.8 Å². The minimum absolute atomic E-state index is 0.0201. The Kier molecular flexibility index (Phi) is 4.26. The molecule has 118 valence electrons. The average Bonchev–Trinajstić information content (AvgIpc) is 3.27. The van der Waals surface area contributed by atoms with Crippen LogP contribution in [0.4, 0.5) is 0 Å². The van der Waals surface area contributed by atoms with E-state index in [1.165, 1.54) is 0 Å². The largest absolute Gasteiger partial charge is 0.396 e. The van der Waals surface area contributed by atoms with Gasteiger partial charge in [0.25, 0.3) is 0 Å².